The Labute approximate surface area is 132 Å². The maximum absolute atomic E-state index is 10.2. The summed E-state index contributed by atoms with van der Waals surface area (Å²) in [4.78, 5) is 4.41. The van der Waals surface area contributed by atoms with Crippen molar-refractivity contribution < 1.29 is 9.84 Å². The molecule has 5 heteroatoms. The van der Waals surface area contributed by atoms with Crippen molar-refractivity contribution in [2.75, 3.05) is 46.4 Å². The highest BCUT2D eigenvalue weighted by atomic mass is 35.5. The molecule has 118 valence electrons. The van der Waals surface area contributed by atoms with Crippen molar-refractivity contribution in [2.24, 2.45) is 0 Å². The van der Waals surface area contributed by atoms with Crippen LogP contribution in [0.4, 0.5) is 0 Å². The summed E-state index contributed by atoms with van der Waals surface area (Å²) in [6.45, 7) is 7.64. The van der Waals surface area contributed by atoms with Gasteiger partial charge in [-0.2, -0.15) is 0 Å². The van der Waals surface area contributed by atoms with E-state index in [1.54, 1.807) is 0 Å². The van der Waals surface area contributed by atoms with Crippen LogP contribution in [0.25, 0.3) is 0 Å². The van der Waals surface area contributed by atoms with Crippen LogP contribution in [0.2, 0.25) is 5.02 Å². The van der Waals surface area contributed by atoms with Crippen molar-refractivity contribution in [1.29, 1.82) is 0 Å². The molecule has 1 aromatic carbocycles. The highest BCUT2D eigenvalue weighted by Crippen LogP contribution is 2.16. The van der Waals surface area contributed by atoms with Crippen LogP contribution in [0.5, 0.6) is 0 Å². The minimum Gasteiger partial charge on any atom is -0.390 e. The minimum atomic E-state index is -0.333. The van der Waals surface area contributed by atoms with Gasteiger partial charge in [0, 0.05) is 37.7 Å². The van der Waals surface area contributed by atoms with Crippen LogP contribution in [-0.2, 0) is 11.3 Å². The molecule has 0 aromatic heterocycles. The van der Waals surface area contributed by atoms with Crippen LogP contribution in [0.1, 0.15) is 11.1 Å². The fraction of sp³-hybridized carbons (Fsp3) is 0.625. The zero-order valence-electron chi connectivity index (χ0n) is 12.9. The molecular weight excluding hydrogens is 288 g/mol. The summed E-state index contributed by atoms with van der Waals surface area (Å²) in [5.74, 6) is 0. The molecule has 0 saturated carbocycles. The highest BCUT2D eigenvalue weighted by Gasteiger charge is 2.16. The average Bonchev–Trinajstić information content (AvgIpc) is 2.43. The predicted octanol–water partition coefficient (Wildman–Crippen LogP) is 1.77. The monoisotopic (exact) mass is 312 g/mol. The number of likely N-dealkylation sites (N-methyl/N-ethyl adjacent to an activating group) is 1. The van der Waals surface area contributed by atoms with Gasteiger partial charge in [0.1, 0.15) is 0 Å². The van der Waals surface area contributed by atoms with Crippen LogP contribution >= 0.6 is 11.6 Å². The number of morpholine rings is 1. The number of hydrogen-bond donors (Lipinski definition) is 1. The van der Waals surface area contributed by atoms with Crippen LogP contribution < -0.4 is 0 Å². The number of rotatable bonds is 6. The molecule has 1 fully saturated rings. The normalized spacial score (nSPS) is 18.1. The Balaban J connectivity index is 1.78. The Hall–Kier alpha value is -0.650. The van der Waals surface area contributed by atoms with E-state index in [-0.39, 0.29) is 6.10 Å². The average molecular weight is 313 g/mol. The first-order chi connectivity index (χ1) is 10.0. The third kappa shape index (κ3) is 5.57. The Morgan fingerprint density at radius 2 is 2.10 bits per heavy atom. The van der Waals surface area contributed by atoms with Crippen molar-refractivity contribution in [3.05, 3.63) is 34.3 Å². The van der Waals surface area contributed by atoms with Gasteiger partial charge in [-0.3, -0.25) is 9.80 Å². The summed E-state index contributed by atoms with van der Waals surface area (Å²) in [5, 5.41) is 11.0. The molecule has 1 aromatic rings. The highest BCUT2D eigenvalue weighted by molar-refractivity contribution is 6.30. The van der Waals surface area contributed by atoms with Gasteiger partial charge >= 0.3 is 0 Å². The van der Waals surface area contributed by atoms with E-state index in [0.717, 1.165) is 37.9 Å². The molecule has 4 nitrogen and oxygen atoms in total. The third-order valence-electron chi connectivity index (χ3n) is 3.84. The number of benzene rings is 1. The Bertz CT molecular complexity index is 450. The lowest BCUT2D eigenvalue weighted by Gasteiger charge is -2.30. The van der Waals surface area contributed by atoms with E-state index in [9.17, 15) is 5.11 Å². The molecule has 0 amide bonds. The molecule has 21 heavy (non-hydrogen) atoms. The first-order valence-electron chi connectivity index (χ1n) is 7.46. The van der Waals surface area contributed by atoms with E-state index in [1.807, 2.05) is 19.2 Å². The Morgan fingerprint density at radius 3 is 2.76 bits per heavy atom. The lowest BCUT2D eigenvalue weighted by atomic mass is 10.1. The zero-order valence-corrected chi connectivity index (χ0v) is 13.6. The molecule has 1 aliphatic rings. The lowest BCUT2D eigenvalue weighted by molar-refractivity contribution is 0.00824. The second kappa shape index (κ2) is 8.11. The number of aliphatic hydroxyl groups excluding tert-OH is 1. The van der Waals surface area contributed by atoms with Crippen molar-refractivity contribution >= 4 is 11.6 Å². The van der Waals surface area contributed by atoms with Gasteiger partial charge in [0.25, 0.3) is 0 Å². The number of nitrogens with zero attached hydrogens (tertiary/aromatic N) is 2. The van der Waals surface area contributed by atoms with Crippen molar-refractivity contribution in [3.8, 4) is 0 Å². The van der Waals surface area contributed by atoms with E-state index < -0.39 is 0 Å². The number of aryl methyl sites for hydroxylation is 1. The SMILES string of the molecule is Cc1cc(Cl)ccc1CN(C)C[C@H](O)CN1CCOCC1. The molecule has 1 aliphatic heterocycles. The predicted molar refractivity (Wildman–Crippen MR) is 85.8 cm³/mol. The Morgan fingerprint density at radius 1 is 1.38 bits per heavy atom. The molecule has 2 rings (SSSR count). The topological polar surface area (TPSA) is 35.9 Å². The van der Waals surface area contributed by atoms with Gasteiger partial charge in [-0.1, -0.05) is 17.7 Å². The van der Waals surface area contributed by atoms with Gasteiger partial charge in [-0.15, -0.1) is 0 Å². The van der Waals surface area contributed by atoms with E-state index in [0.29, 0.717) is 13.1 Å². The molecule has 0 radical (unpaired) electrons. The third-order valence-corrected chi connectivity index (χ3v) is 4.08. The van der Waals surface area contributed by atoms with Crippen LogP contribution in [0.3, 0.4) is 0 Å². The standard InChI is InChI=1S/C16H25ClN2O2/c1-13-9-15(17)4-3-14(13)10-18(2)11-16(20)12-19-5-7-21-8-6-19/h3-4,9,16,20H,5-8,10-12H2,1-2H3/t16-/m0/s1. The van der Waals surface area contributed by atoms with Gasteiger partial charge in [0.05, 0.1) is 19.3 Å². The first kappa shape index (κ1) is 16.7. The summed E-state index contributed by atoms with van der Waals surface area (Å²) in [5.41, 5.74) is 2.44. The number of β-amino-alcohol motifs (C(OH)–C–C–N with tert-alkyl or cyclic N) is 1. The zero-order chi connectivity index (χ0) is 15.2. The molecule has 0 unspecified atom stereocenters. The molecule has 1 saturated heterocycles. The quantitative estimate of drug-likeness (QED) is 0.868. The van der Waals surface area contributed by atoms with Gasteiger partial charge in [0.15, 0.2) is 0 Å². The molecule has 1 atom stereocenters. The minimum absolute atomic E-state index is 0.333. The fourth-order valence-electron chi connectivity index (χ4n) is 2.69. The summed E-state index contributed by atoms with van der Waals surface area (Å²) in [6, 6.07) is 5.96. The number of halogens is 1. The van der Waals surface area contributed by atoms with Gasteiger partial charge in [-0.25, -0.2) is 0 Å². The van der Waals surface area contributed by atoms with E-state index in [4.69, 9.17) is 16.3 Å². The fourth-order valence-corrected chi connectivity index (χ4v) is 2.92. The van der Waals surface area contributed by atoms with Crippen molar-refractivity contribution in [2.45, 2.75) is 19.6 Å². The van der Waals surface area contributed by atoms with Crippen LogP contribution in [-0.4, -0.2) is 67.5 Å². The second-order valence-corrected chi connectivity index (χ2v) is 6.27. The molecular formula is C16H25ClN2O2. The van der Waals surface area contributed by atoms with Gasteiger partial charge < -0.3 is 9.84 Å². The smallest absolute Gasteiger partial charge is 0.0793 e. The first-order valence-corrected chi connectivity index (χ1v) is 7.84. The van der Waals surface area contributed by atoms with Crippen molar-refractivity contribution in [3.63, 3.8) is 0 Å². The van der Waals surface area contributed by atoms with E-state index in [2.05, 4.69) is 22.8 Å². The number of hydrogen-bond acceptors (Lipinski definition) is 4. The molecule has 0 aliphatic carbocycles. The maximum atomic E-state index is 10.2. The van der Waals surface area contributed by atoms with Gasteiger partial charge in [-0.05, 0) is 37.2 Å². The van der Waals surface area contributed by atoms with Gasteiger partial charge in [0.2, 0.25) is 0 Å². The summed E-state index contributed by atoms with van der Waals surface area (Å²) >= 11 is 5.98. The number of aliphatic hydroxyl groups is 1. The largest absolute Gasteiger partial charge is 0.390 e. The molecule has 0 spiro atoms. The van der Waals surface area contributed by atoms with Crippen LogP contribution in [0.15, 0.2) is 18.2 Å². The van der Waals surface area contributed by atoms with Crippen LogP contribution in [0, 0.1) is 6.92 Å². The Kier molecular flexibility index (Phi) is 6.45. The summed E-state index contributed by atoms with van der Waals surface area (Å²) in [6.07, 6.45) is -0.333. The summed E-state index contributed by atoms with van der Waals surface area (Å²) in [7, 11) is 2.04. The number of ether oxygens (including phenoxy) is 1. The second-order valence-electron chi connectivity index (χ2n) is 5.83. The summed E-state index contributed by atoms with van der Waals surface area (Å²) < 4.78 is 5.32. The molecule has 0 bridgehead atoms. The lowest BCUT2D eigenvalue weighted by Crippen LogP contribution is -2.44. The van der Waals surface area contributed by atoms with E-state index in [1.165, 1.54) is 11.1 Å². The van der Waals surface area contributed by atoms with E-state index >= 15 is 0 Å². The maximum Gasteiger partial charge on any atom is 0.0793 e. The van der Waals surface area contributed by atoms with Crippen molar-refractivity contribution in [1.82, 2.24) is 9.80 Å². The molecule has 1 heterocycles. The molecule has 1 N–H and O–H groups in total.